The average molecular weight is 250 g/mol. The molecule has 18 heavy (non-hydrogen) atoms. The first-order valence-electron chi connectivity index (χ1n) is 7.00. The minimum atomic E-state index is -0.910. The van der Waals surface area contributed by atoms with Crippen molar-refractivity contribution in [1.82, 2.24) is 0 Å². The van der Waals surface area contributed by atoms with Gasteiger partial charge in [0.1, 0.15) is 0 Å². The molecule has 0 saturated heterocycles. The average Bonchev–Trinajstić information content (AvgIpc) is 2.34. The normalized spacial score (nSPS) is 12.1. The SMILES string of the molecule is CCCCCCCCCC=CC=C/C=C\C(=O)O. The molecule has 0 spiro atoms. The minimum absolute atomic E-state index is 0.910. The second kappa shape index (κ2) is 13.8. The molecular formula is C16H26O2. The summed E-state index contributed by atoms with van der Waals surface area (Å²) in [5, 5.41) is 8.35. The molecule has 2 nitrogen and oxygen atoms in total. The van der Waals surface area contributed by atoms with Crippen molar-refractivity contribution in [3.63, 3.8) is 0 Å². The van der Waals surface area contributed by atoms with E-state index in [9.17, 15) is 4.79 Å². The molecule has 102 valence electrons. The van der Waals surface area contributed by atoms with Crippen molar-refractivity contribution in [3.05, 3.63) is 36.5 Å². The van der Waals surface area contributed by atoms with Crippen LogP contribution in [0.25, 0.3) is 0 Å². The monoisotopic (exact) mass is 250 g/mol. The lowest BCUT2D eigenvalue weighted by molar-refractivity contribution is -0.131. The summed E-state index contributed by atoms with van der Waals surface area (Å²) in [6.07, 6.45) is 20.8. The van der Waals surface area contributed by atoms with Gasteiger partial charge in [-0.2, -0.15) is 0 Å². The number of unbranched alkanes of at least 4 members (excludes halogenated alkanes) is 7. The maximum atomic E-state index is 10.2. The van der Waals surface area contributed by atoms with Crippen molar-refractivity contribution in [2.24, 2.45) is 0 Å². The molecule has 0 heterocycles. The zero-order chi connectivity index (χ0) is 13.5. The van der Waals surface area contributed by atoms with Gasteiger partial charge in [0.15, 0.2) is 0 Å². The summed E-state index contributed by atoms with van der Waals surface area (Å²) >= 11 is 0. The van der Waals surface area contributed by atoms with E-state index < -0.39 is 5.97 Å². The molecule has 0 radical (unpaired) electrons. The fraction of sp³-hybridized carbons (Fsp3) is 0.562. The molecule has 0 aliphatic carbocycles. The van der Waals surface area contributed by atoms with Gasteiger partial charge in [-0.05, 0) is 12.8 Å². The van der Waals surface area contributed by atoms with Gasteiger partial charge in [-0.3, -0.25) is 0 Å². The highest BCUT2D eigenvalue weighted by Gasteiger charge is 1.88. The fourth-order valence-corrected chi connectivity index (χ4v) is 1.66. The van der Waals surface area contributed by atoms with Crippen molar-refractivity contribution in [2.75, 3.05) is 0 Å². The summed E-state index contributed by atoms with van der Waals surface area (Å²) in [5.41, 5.74) is 0. The largest absolute Gasteiger partial charge is 0.478 e. The summed E-state index contributed by atoms with van der Waals surface area (Å²) in [5.74, 6) is -0.910. The number of carboxylic acid groups (broad SMARTS) is 1. The van der Waals surface area contributed by atoms with Crippen LogP contribution in [0, 0.1) is 0 Å². The van der Waals surface area contributed by atoms with Crippen LogP contribution in [0.1, 0.15) is 58.3 Å². The zero-order valence-corrected chi connectivity index (χ0v) is 11.5. The van der Waals surface area contributed by atoms with Crippen LogP contribution in [0.2, 0.25) is 0 Å². The molecule has 0 atom stereocenters. The third kappa shape index (κ3) is 14.7. The van der Waals surface area contributed by atoms with E-state index in [1.165, 1.54) is 51.0 Å². The van der Waals surface area contributed by atoms with E-state index in [1.807, 2.05) is 12.2 Å². The van der Waals surface area contributed by atoms with Crippen molar-refractivity contribution < 1.29 is 9.90 Å². The summed E-state index contributed by atoms with van der Waals surface area (Å²) in [6, 6.07) is 0. The molecule has 0 fully saturated rings. The van der Waals surface area contributed by atoms with Crippen LogP contribution in [0.5, 0.6) is 0 Å². The zero-order valence-electron chi connectivity index (χ0n) is 11.5. The molecule has 0 amide bonds. The van der Waals surface area contributed by atoms with Gasteiger partial charge in [0.2, 0.25) is 0 Å². The van der Waals surface area contributed by atoms with Crippen molar-refractivity contribution in [2.45, 2.75) is 58.3 Å². The molecule has 0 aromatic heterocycles. The van der Waals surface area contributed by atoms with Gasteiger partial charge in [-0.25, -0.2) is 4.79 Å². The second-order valence-electron chi connectivity index (χ2n) is 4.42. The highest BCUT2D eigenvalue weighted by atomic mass is 16.4. The molecule has 0 saturated carbocycles. The van der Waals surface area contributed by atoms with Crippen LogP contribution in [-0.4, -0.2) is 11.1 Å². The summed E-state index contributed by atoms with van der Waals surface area (Å²) in [6.45, 7) is 2.24. The Morgan fingerprint density at radius 3 is 2.17 bits per heavy atom. The van der Waals surface area contributed by atoms with E-state index in [-0.39, 0.29) is 0 Å². The van der Waals surface area contributed by atoms with E-state index >= 15 is 0 Å². The van der Waals surface area contributed by atoms with Crippen LogP contribution in [-0.2, 0) is 4.79 Å². The molecular weight excluding hydrogens is 224 g/mol. The molecule has 0 unspecified atom stereocenters. The Kier molecular flexibility index (Phi) is 12.8. The molecule has 0 aromatic rings. The third-order valence-corrected chi connectivity index (χ3v) is 2.68. The van der Waals surface area contributed by atoms with Gasteiger partial charge in [0.25, 0.3) is 0 Å². The summed E-state index contributed by atoms with van der Waals surface area (Å²) < 4.78 is 0. The van der Waals surface area contributed by atoms with Gasteiger partial charge in [0, 0.05) is 6.08 Å². The minimum Gasteiger partial charge on any atom is -0.478 e. The van der Waals surface area contributed by atoms with E-state index in [0.29, 0.717) is 0 Å². The van der Waals surface area contributed by atoms with Crippen molar-refractivity contribution >= 4 is 5.97 Å². The fourth-order valence-electron chi connectivity index (χ4n) is 1.66. The van der Waals surface area contributed by atoms with Crippen molar-refractivity contribution in [1.29, 1.82) is 0 Å². The van der Waals surface area contributed by atoms with E-state index in [1.54, 1.807) is 6.08 Å². The molecule has 0 rings (SSSR count). The van der Waals surface area contributed by atoms with E-state index in [2.05, 4.69) is 13.0 Å². The predicted molar refractivity (Wildman–Crippen MR) is 77.7 cm³/mol. The number of carboxylic acids is 1. The number of carbonyl (C=O) groups is 1. The van der Waals surface area contributed by atoms with E-state index in [0.717, 1.165) is 12.5 Å². The summed E-state index contributed by atoms with van der Waals surface area (Å²) in [4.78, 5) is 10.2. The van der Waals surface area contributed by atoms with Crippen molar-refractivity contribution in [3.8, 4) is 0 Å². The number of hydrogen-bond donors (Lipinski definition) is 1. The number of hydrogen-bond acceptors (Lipinski definition) is 1. The van der Waals surface area contributed by atoms with Gasteiger partial charge >= 0.3 is 5.97 Å². The highest BCUT2D eigenvalue weighted by Crippen LogP contribution is 2.08. The van der Waals surface area contributed by atoms with Gasteiger partial charge < -0.3 is 5.11 Å². The topological polar surface area (TPSA) is 37.3 Å². The number of rotatable bonds is 11. The van der Waals surface area contributed by atoms with Gasteiger partial charge in [0.05, 0.1) is 0 Å². The van der Waals surface area contributed by atoms with E-state index in [4.69, 9.17) is 5.11 Å². The molecule has 0 aliphatic heterocycles. The van der Waals surface area contributed by atoms with Crippen LogP contribution in [0.15, 0.2) is 36.5 Å². The van der Waals surface area contributed by atoms with Gasteiger partial charge in [-0.1, -0.05) is 75.8 Å². The molecule has 0 bridgehead atoms. The van der Waals surface area contributed by atoms with Crippen LogP contribution >= 0.6 is 0 Å². The molecule has 0 aliphatic rings. The first kappa shape index (κ1) is 16.7. The Hall–Kier alpha value is -1.31. The van der Waals surface area contributed by atoms with Gasteiger partial charge in [-0.15, -0.1) is 0 Å². The Balaban J connectivity index is 3.30. The highest BCUT2D eigenvalue weighted by molar-refractivity contribution is 5.80. The summed E-state index contributed by atoms with van der Waals surface area (Å²) in [7, 11) is 0. The standard InChI is InChI=1S/C16H26O2/c1-2-3-4-5-6-7-8-9-10-11-12-13-14-15-16(17)18/h10-15H,2-9H2,1H3,(H,17,18)/b11-10?,13-12?,15-14-. The smallest absolute Gasteiger partial charge is 0.328 e. The maximum absolute atomic E-state index is 10.2. The Morgan fingerprint density at radius 1 is 0.889 bits per heavy atom. The number of allylic oxidation sites excluding steroid dienone is 5. The predicted octanol–water partition coefficient (Wildman–Crippen LogP) is 4.88. The quantitative estimate of drug-likeness (QED) is 0.322. The Labute approximate surface area is 111 Å². The lowest BCUT2D eigenvalue weighted by Crippen LogP contribution is -1.84. The lowest BCUT2D eigenvalue weighted by atomic mass is 10.1. The first-order chi connectivity index (χ1) is 8.77. The Morgan fingerprint density at radius 2 is 1.50 bits per heavy atom. The molecule has 2 heteroatoms. The molecule has 0 aromatic carbocycles. The lowest BCUT2D eigenvalue weighted by Gasteiger charge is -1.98. The number of aliphatic carboxylic acids is 1. The Bertz CT molecular complexity index is 275. The van der Waals surface area contributed by atoms with Crippen LogP contribution < -0.4 is 0 Å². The van der Waals surface area contributed by atoms with Crippen LogP contribution in [0.3, 0.4) is 0 Å². The molecule has 1 N–H and O–H groups in total. The third-order valence-electron chi connectivity index (χ3n) is 2.68. The van der Waals surface area contributed by atoms with Crippen LogP contribution in [0.4, 0.5) is 0 Å². The first-order valence-corrected chi connectivity index (χ1v) is 7.00. The second-order valence-corrected chi connectivity index (χ2v) is 4.42. The maximum Gasteiger partial charge on any atom is 0.328 e.